The van der Waals surface area contributed by atoms with Crippen molar-refractivity contribution in [3.8, 4) is 0 Å². The average Bonchev–Trinajstić information content (AvgIpc) is 3.00. The Bertz CT molecular complexity index is 570. The second-order valence-electron chi connectivity index (χ2n) is 8.32. The zero-order chi connectivity index (χ0) is 20.4. The van der Waals surface area contributed by atoms with Gasteiger partial charge in [0.15, 0.2) is 5.96 Å². The monoisotopic (exact) mass is 391 g/mol. The summed E-state index contributed by atoms with van der Waals surface area (Å²) in [5, 5.41) is 7.08. The highest BCUT2D eigenvalue weighted by molar-refractivity contribution is 5.79. The van der Waals surface area contributed by atoms with E-state index in [2.05, 4.69) is 39.4 Å². The smallest absolute Gasteiger partial charge is 0.208 e. The van der Waals surface area contributed by atoms with Crippen molar-refractivity contribution in [2.75, 3.05) is 26.7 Å². The van der Waals surface area contributed by atoms with E-state index in [0.717, 1.165) is 49.5 Å². The molecule has 2 rings (SSSR count). The van der Waals surface area contributed by atoms with E-state index >= 15 is 0 Å². The number of nitrogens with one attached hydrogen (secondary N) is 2. The molecule has 1 fully saturated rings. The van der Waals surface area contributed by atoms with Crippen molar-refractivity contribution in [2.45, 2.75) is 85.2 Å². The summed E-state index contributed by atoms with van der Waals surface area (Å²) < 4.78 is 5.73. The van der Waals surface area contributed by atoms with Crippen LogP contribution in [0.25, 0.3) is 0 Å². The van der Waals surface area contributed by atoms with Crippen LogP contribution >= 0.6 is 0 Å². The van der Waals surface area contributed by atoms with Crippen LogP contribution < -0.4 is 10.6 Å². The number of nitrogens with zero attached hydrogens (tertiary/aromatic N) is 3. The highest BCUT2D eigenvalue weighted by atomic mass is 16.4. The van der Waals surface area contributed by atoms with Crippen molar-refractivity contribution in [1.29, 1.82) is 0 Å². The maximum atomic E-state index is 5.73. The van der Waals surface area contributed by atoms with Gasteiger partial charge < -0.3 is 15.1 Å². The number of hydrogen-bond acceptors (Lipinski definition) is 4. The van der Waals surface area contributed by atoms with Crippen molar-refractivity contribution in [2.24, 2.45) is 10.9 Å². The summed E-state index contributed by atoms with van der Waals surface area (Å²) in [6.07, 6.45) is 8.87. The molecule has 2 N–H and O–H groups in total. The predicted octanol–water partition coefficient (Wildman–Crippen LogP) is 4.03. The van der Waals surface area contributed by atoms with Crippen LogP contribution in [0.4, 0.5) is 0 Å². The first kappa shape index (κ1) is 22.7. The zero-order valence-electron chi connectivity index (χ0n) is 18.7. The molecule has 1 aromatic heterocycles. The molecule has 6 heteroatoms. The minimum Gasteiger partial charge on any atom is -0.444 e. The van der Waals surface area contributed by atoms with E-state index in [1.54, 1.807) is 0 Å². The highest BCUT2D eigenvalue weighted by Crippen LogP contribution is 2.19. The van der Waals surface area contributed by atoms with E-state index in [-0.39, 0.29) is 0 Å². The lowest BCUT2D eigenvalue weighted by Crippen LogP contribution is -2.45. The summed E-state index contributed by atoms with van der Waals surface area (Å²) in [5.74, 6) is 3.43. The number of aryl methyl sites for hydroxylation is 2. The maximum absolute atomic E-state index is 5.73. The number of unbranched alkanes of at least 4 members (excludes halogenated alkanes) is 3. The van der Waals surface area contributed by atoms with Crippen LogP contribution in [0, 0.1) is 19.8 Å². The topological polar surface area (TPSA) is 65.7 Å². The number of likely N-dealkylation sites (tertiary alicyclic amines) is 1. The molecule has 1 aliphatic heterocycles. The predicted molar refractivity (Wildman–Crippen MR) is 117 cm³/mol. The lowest BCUT2D eigenvalue weighted by molar-refractivity contribution is 0.164. The number of piperidine rings is 1. The minimum absolute atomic E-state index is 0.470. The molecule has 1 atom stereocenters. The second-order valence-corrected chi connectivity index (χ2v) is 8.32. The Kier molecular flexibility index (Phi) is 9.82. The molecule has 1 unspecified atom stereocenters. The molecule has 28 heavy (non-hydrogen) atoms. The molecule has 0 saturated carbocycles. The molecule has 0 bridgehead atoms. The van der Waals surface area contributed by atoms with Crippen molar-refractivity contribution in [3.63, 3.8) is 0 Å². The SMILES string of the molecule is CCCCCCC(C)NC(=NC)NCC1CCN(Cc2nc(C)c(C)o2)CC1. The summed E-state index contributed by atoms with van der Waals surface area (Å²) in [7, 11) is 1.86. The van der Waals surface area contributed by atoms with Gasteiger partial charge in [-0.3, -0.25) is 9.89 Å². The van der Waals surface area contributed by atoms with Crippen molar-refractivity contribution < 1.29 is 4.42 Å². The van der Waals surface area contributed by atoms with Crippen LogP contribution in [0.5, 0.6) is 0 Å². The molecule has 2 heterocycles. The van der Waals surface area contributed by atoms with Crippen molar-refractivity contribution in [1.82, 2.24) is 20.5 Å². The molecular formula is C22H41N5O. The molecule has 1 saturated heterocycles. The molecule has 160 valence electrons. The van der Waals surface area contributed by atoms with Crippen LogP contribution in [0.15, 0.2) is 9.41 Å². The average molecular weight is 392 g/mol. The van der Waals surface area contributed by atoms with E-state index in [1.165, 1.54) is 44.9 Å². The van der Waals surface area contributed by atoms with Gasteiger partial charge >= 0.3 is 0 Å². The first-order valence-corrected chi connectivity index (χ1v) is 11.1. The van der Waals surface area contributed by atoms with Gasteiger partial charge in [0.05, 0.1) is 12.2 Å². The first-order valence-electron chi connectivity index (χ1n) is 11.1. The summed E-state index contributed by atoms with van der Waals surface area (Å²) in [5.41, 5.74) is 1.01. The molecule has 0 radical (unpaired) electrons. The van der Waals surface area contributed by atoms with Crippen LogP contribution in [0.1, 0.15) is 76.1 Å². The molecule has 0 aliphatic carbocycles. The third-order valence-corrected chi connectivity index (χ3v) is 5.79. The number of aliphatic imine (C=N–C) groups is 1. The number of rotatable bonds is 10. The van der Waals surface area contributed by atoms with E-state index in [9.17, 15) is 0 Å². The Morgan fingerprint density at radius 1 is 1.25 bits per heavy atom. The largest absolute Gasteiger partial charge is 0.444 e. The van der Waals surface area contributed by atoms with E-state index in [4.69, 9.17) is 4.42 Å². The van der Waals surface area contributed by atoms with Crippen LogP contribution in [-0.4, -0.2) is 48.6 Å². The fraction of sp³-hybridized carbons (Fsp3) is 0.818. The number of hydrogen-bond donors (Lipinski definition) is 2. The lowest BCUT2D eigenvalue weighted by Gasteiger charge is -2.31. The number of oxazole rings is 1. The fourth-order valence-corrected chi connectivity index (χ4v) is 3.77. The standard InChI is InChI=1S/C22H41N5O/c1-6-7-8-9-10-17(2)25-22(23-5)24-15-20-11-13-27(14-12-20)16-21-26-18(3)19(4)28-21/h17,20H,6-16H2,1-5H3,(H2,23,24,25). The summed E-state index contributed by atoms with van der Waals surface area (Å²) in [4.78, 5) is 11.4. The normalized spacial score (nSPS) is 17.7. The lowest BCUT2D eigenvalue weighted by atomic mass is 9.97. The van der Waals surface area contributed by atoms with Gasteiger partial charge in [0.2, 0.25) is 5.89 Å². The fourth-order valence-electron chi connectivity index (χ4n) is 3.77. The Labute approximate surface area is 171 Å². The minimum atomic E-state index is 0.470. The third kappa shape index (κ3) is 7.82. The molecule has 0 amide bonds. The quantitative estimate of drug-likeness (QED) is 0.358. The Balaban J connectivity index is 1.63. The first-order chi connectivity index (χ1) is 13.5. The third-order valence-electron chi connectivity index (χ3n) is 5.79. The van der Waals surface area contributed by atoms with Crippen LogP contribution in [0.2, 0.25) is 0 Å². The highest BCUT2D eigenvalue weighted by Gasteiger charge is 2.21. The number of aromatic nitrogens is 1. The van der Waals surface area contributed by atoms with Gasteiger partial charge in [-0.05, 0) is 59.0 Å². The van der Waals surface area contributed by atoms with Crippen molar-refractivity contribution in [3.05, 3.63) is 17.3 Å². The Morgan fingerprint density at radius 2 is 2.00 bits per heavy atom. The second kappa shape index (κ2) is 12.1. The number of guanidine groups is 1. The zero-order valence-corrected chi connectivity index (χ0v) is 18.7. The molecule has 1 aliphatic rings. The molecule has 1 aromatic rings. The van der Waals surface area contributed by atoms with E-state index in [0.29, 0.717) is 12.0 Å². The summed E-state index contributed by atoms with van der Waals surface area (Å²) in [6.45, 7) is 12.5. The Morgan fingerprint density at radius 3 is 2.61 bits per heavy atom. The van der Waals surface area contributed by atoms with Gasteiger partial charge in [0, 0.05) is 19.6 Å². The molecule has 0 aromatic carbocycles. The van der Waals surface area contributed by atoms with Crippen molar-refractivity contribution >= 4 is 5.96 Å². The van der Waals surface area contributed by atoms with Gasteiger partial charge in [-0.2, -0.15) is 0 Å². The summed E-state index contributed by atoms with van der Waals surface area (Å²) >= 11 is 0. The Hall–Kier alpha value is -1.56. The van der Waals surface area contributed by atoms with Gasteiger partial charge in [0.1, 0.15) is 5.76 Å². The maximum Gasteiger partial charge on any atom is 0.208 e. The van der Waals surface area contributed by atoms with Crippen LogP contribution in [-0.2, 0) is 6.54 Å². The van der Waals surface area contributed by atoms with E-state index < -0.39 is 0 Å². The van der Waals surface area contributed by atoms with E-state index in [1.807, 2.05) is 20.9 Å². The van der Waals surface area contributed by atoms with Crippen LogP contribution in [0.3, 0.4) is 0 Å². The van der Waals surface area contributed by atoms with Gasteiger partial charge in [-0.15, -0.1) is 0 Å². The van der Waals surface area contributed by atoms with Gasteiger partial charge in [-0.1, -0.05) is 32.6 Å². The molecule has 0 spiro atoms. The molecule has 6 nitrogen and oxygen atoms in total. The van der Waals surface area contributed by atoms with Gasteiger partial charge in [-0.25, -0.2) is 4.98 Å². The summed E-state index contributed by atoms with van der Waals surface area (Å²) in [6, 6.07) is 0.470. The molecular weight excluding hydrogens is 350 g/mol. The van der Waals surface area contributed by atoms with Gasteiger partial charge in [0.25, 0.3) is 0 Å².